The van der Waals surface area contributed by atoms with E-state index in [0.29, 0.717) is 26.4 Å². The maximum absolute atomic E-state index is 11.8. The number of carbonyl (C=O) groups is 1. The number of methoxy groups -OCH3 is 1. The third kappa shape index (κ3) is 5.48. The van der Waals surface area contributed by atoms with Crippen LogP contribution in [-0.2, 0) is 9.47 Å². The summed E-state index contributed by atoms with van der Waals surface area (Å²) in [6.45, 7) is 4.44. The van der Waals surface area contributed by atoms with Crippen LogP contribution in [0.25, 0.3) is 0 Å². The molecule has 1 aromatic rings. The van der Waals surface area contributed by atoms with Crippen LogP contribution in [0.4, 0.5) is 0 Å². The van der Waals surface area contributed by atoms with Gasteiger partial charge >= 0.3 is 0 Å². The van der Waals surface area contributed by atoms with E-state index >= 15 is 0 Å². The molecule has 0 aliphatic heterocycles. The zero-order valence-corrected chi connectivity index (χ0v) is 13.0. The van der Waals surface area contributed by atoms with Gasteiger partial charge in [-0.2, -0.15) is 0 Å². The van der Waals surface area contributed by atoms with Gasteiger partial charge in [-0.05, 0) is 40.9 Å². The van der Waals surface area contributed by atoms with Crippen molar-refractivity contribution in [1.29, 1.82) is 0 Å². The van der Waals surface area contributed by atoms with Crippen LogP contribution in [-0.4, -0.2) is 39.4 Å². The molecule has 0 radical (unpaired) electrons. The lowest BCUT2D eigenvalue weighted by atomic mass is 10.3. The van der Waals surface area contributed by atoms with E-state index in [1.54, 1.807) is 7.11 Å². The molecule has 4 nitrogen and oxygen atoms in total. The zero-order chi connectivity index (χ0) is 13.4. The van der Waals surface area contributed by atoms with Gasteiger partial charge < -0.3 is 14.8 Å². The first-order valence-electron chi connectivity index (χ1n) is 5.76. The van der Waals surface area contributed by atoms with Crippen LogP contribution in [0.15, 0.2) is 9.85 Å². The quantitative estimate of drug-likeness (QED) is 0.743. The normalized spacial score (nSPS) is 10.6. The molecule has 1 rings (SSSR count). The van der Waals surface area contributed by atoms with Crippen LogP contribution in [0.1, 0.15) is 21.7 Å². The van der Waals surface area contributed by atoms with Crippen molar-refractivity contribution in [3.63, 3.8) is 0 Å². The molecule has 6 heteroatoms. The van der Waals surface area contributed by atoms with Crippen molar-refractivity contribution in [1.82, 2.24) is 5.32 Å². The van der Waals surface area contributed by atoms with Crippen LogP contribution >= 0.6 is 27.3 Å². The highest BCUT2D eigenvalue weighted by Gasteiger charge is 2.10. The number of carbonyl (C=O) groups excluding carboxylic acids is 1. The lowest BCUT2D eigenvalue weighted by Gasteiger charge is -2.04. The van der Waals surface area contributed by atoms with Crippen molar-refractivity contribution in [2.24, 2.45) is 0 Å². The molecule has 18 heavy (non-hydrogen) atoms. The third-order valence-corrected chi connectivity index (χ3v) is 4.40. The Hall–Kier alpha value is -0.430. The minimum atomic E-state index is -0.0225. The van der Waals surface area contributed by atoms with Crippen molar-refractivity contribution in [2.45, 2.75) is 13.3 Å². The van der Waals surface area contributed by atoms with E-state index in [1.807, 2.05) is 13.0 Å². The van der Waals surface area contributed by atoms with Crippen molar-refractivity contribution in [3.05, 3.63) is 20.3 Å². The Morgan fingerprint density at radius 3 is 2.83 bits per heavy atom. The predicted molar refractivity (Wildman–Crippen MR) is 76.4 cm³/mol. The molecule has 0 aromatic carbocycles. The molecule has 1 amide bonds. The second-order valence-electron chi connectivity index (χ2n) is 3.78. The minimum absolute atomic E-state index is 0.0225. The van der Waals surface area contributed by atoms with Gasteiger partial charge in [0.25, 0.3) is 5.91 Å². The molecular formula is C12H18BrNO3S. The SMILES string of the molecule is COCCOCCCNC(=O)c1cc(C)c(Br)s1. The van der Waals surface area contributed by atoms with E-state index in [0.717, 1.165) is 20.6 Å². The molecule has 0 aliphatic carbocycles. The Bertz CT molecular complexity index is 362. The van der Waals surface area contributed by atoms with Crippen LogP contribution < -0.4 is 5.32 Å². The van der Waals surface area contributed by atoms with Gasteiger partial charge in [0.2, 0.25) is 0 Å². The van der Waals surface area contributed by atoms with E-state index in [4.69, 9.17) is 9.47 Å². The molecular weight excluding hydrogens is 318 g/mol. The number of nitrogens with one attached hydrogen (secondary N) is 1. The average Bonchev–Trinajstić information content (AvgIpc) is 2.68. The Labute approximate surface area is 120 Å². The topological polar surface area (TPSA) is 47.6 Å². The van der Waals surface area contributed by atoms with Crippen molar-refractivity contribution in [2.75, 3.05) is 33.5 Å². The number of aryl methyl sites for hydroxylation is 1. The Morgan fingerprint density at radius 2 is 2.22 bits per heavy atom. The predicted octanol–water partition coefficient (Wildman–Crippen LogP) is 2.60. The monoisotopic (exact) mass is 335 g/mol. The fourth-order valence-electron chi connectivity index (χ4n) is 1.28. The first-order valence-corrected chi connectivity index (χ1v) is 7.37. The lowest BCUT2D eigenvalue weighted by Crippen LogP contribution is -2.24. The zero-order valence-electron chi connectivity index (χ0n) is 10.6. The summed E-state index contributed by atoms with van der Waals surface area (Å²) in [6, 6.07) is 1.89. The molecule has 0 bridgehead atoms. The summed E-state index contributed by atoms with van der Waals surface area (Å²) in [4.78, 5) is 12.5. The summed E-state index contributed by atoms with van der Waals surface area (Å²) in [5.74, 6) is -0.0225. The molecule has 1 heterocycles. The summed E-state index contributed by atoms with van der Waals surface area (Å²) in [7, 11) is 1.64. The van der Waals surface area contributed by atoms with Gasteiger partial charge in [-0.3, -0.25) is 4.79 Å². The molecule has 102 valence electrons. The van der Waals surface area contributed by atoms with Crippen LogP contribution in [0.5, 0.6) is 0 Å². The maximum atomic E-state index is 11.8. The van der Waals surface area contributed by atoms with Crippen molar-refractivity contribution >= 4 is 33.2 Å². The number of ether oxygens (including phenoxy) is 2. The van der Waals surface area contributed by atoms with Gasteiger partial charge in [-0.1, -0.05) is 0 Å². The highest BCUT2D eigenvalue weighted by molar-refractivity contribution is 9.11. The fraction of sp³-hybridized carbons (Fsp3) is 0.583. The fourth-order valence-corrected chi connectivity index (χ4v) is 2.73. The van der Waals surface area contributed by atoms with Gasteiger partial charge in [-0.15, -0.1) is 11.3 Å². The highest BCUT2D eigenvalue weighted by Crippen LogP contribution is 2.27. The summed E-state index contributed by atoms with van der Waals surface area (Å²) in [5, 5.41) is 2.87. The first-order chi connectivity index (χ1) is 8.65. The second-order valence-corrected chi connectivity index (χ2v) is 6.15. The van der Waals surface area contributed by atoms with Crippen LogP contribution in [0.2, 0.25) is 0 Å². The highest BCUT2D eigenvalue weighted by atomic mass is 79.9. The van der Waals surface area contributed by atoms with Gasteiger partial charge in [-0.25, -0.2) is 0 Å². The molecule has 0 fully saturated rings. The summed E-state index contributed by atoms with van der Waals surface area (Å²) >= 11 is 4.86. The van der Waals surface area contributed by atoms with Crippen LogP contribution in [0, 0.1) is 6.92 Å². The molecule has 1 N–H and O–H groups in total. The second kappa shape index (κ2) is 8.63. The van der Waals surface area contributed by atoms with E-state index in [9.17, 15) is 4.79 Å². The molecule has 0 saturated heterocycles. The number of hydrogen-bond donors (Lipinski definition) is 1. The minimum Gasteiger partial charge on any atom is -0.382 e. The summed E-state index contributed by atoms with van der Waals surface area (Å²) in [6.07, 6.45) is 0.807. The summed E-state index contributed by atoms with van der Waals surface area (Å²) in [5.41, 5.74) is 1.09. The molecule has 1 aromatic heterocycles. The van der Waals surface area contributed by atoms with Crippen LogP contribution in [0.3, 0.4) is 0 Å². The van der Waals surface area contributed by atoms with Gasteiger partial charge in [0.15, 0.2) is 0 Å². The molecule has 0 spiro atoms. The number of amides is 1. The van der Waals surface area contributed by atoms with Gasteiger partial charge in [0, 0.05) is 20.3 Å². The molecule has 0 saturated carbocycles. The summed E-state index contributed by atoms with van der Waals surface area (Å²) < 4.78 is 11.2. The maximum Gasteiger partial charge on any atom is 0.261 e. The first kappa shape index (κ1) is 15.6. The van der Waals surface area contributed by atoms with Crippen molar-refractivity contribution < 1.29 is 14.3 Å². The largest absolute Gasteiger partial charge is 0.382 e. The van der Waals surface area contributed by atoms with Crippen molar-refractivity contribution in [3.8, 4) is 0 Å². The number of rotatable bonds is 8. The number of halogens is 1. The standard InChI is InChI=1S/C12H18BrNO3S/c1-9-8-10(18-11(9)13)12(15)14-4-3-5-17-7-6-16-2/h8H,3-7H2,1-2H3,(H,14,15). The smallest absolute Gasteiger partial charge is 0.261 e. The lowest BCUT2D eigenvalue weighted by molar-refractivity contribution is 0.0688. The van der Waals surface area contributed by atoms with Gasteiger partial charge in [0.1, 0.15) is 0 Å². The average molecular weight is 336 g/mol. The Kier molecular flexibility index (Phi) is 7.50. The third-order valence-electron chi connectivity index (χ3n) is 2.26. The van der Waals surface area contributed by atoms with Gasteiger partial charge in [0.05, 0.1) is 21.9 Å². The molecule has 0 atom stereocenters. The molecule has 0 aliphatic rings. The number of thiophene rings is 1. The van der Waals surface area contributed by atoms with E-state index in [2.05, 4.69) is 21.2 Å². The van der Waals surface area contributed by atoms with E-state index < -0.39 is 0 Å². The Balaban J connectivity index is 2.14. The number of hydrogen-bond acceptors (Lipinski definition) is 4. The Morgan fingerprint density at radius 1 is 1.44 bits per heavy atom. The molecule has 0 unspecified atom stereocenters. The van der Waals surface area contributed by atoms with E-state index in [1.165, 1.54) is 11.3 Å². The van der Waals surface area contributed by atoms with E-state index in [-0.39, 0.29) is 5.91 Å².